The van der Waals surface area contributed by atoms with Crippen LogP contribution in [0.25, 0.3) is 0 Å². The van der Waals surface area contributed by atoms with Crippen molar-refractivity contribution in [2.45, 2.75) is 37.6 Å². The van der Waals surface area contributed by atoms with E-state index in [2.05, 4.69) is 0 Å². The van der Waals surface area contributed by atoms with Gasteiger partial charge in [0.15, 0.2) is 0 Å². The smallest absolute Gasteiger partial charge is 0.114 e. The van der Waals surface area contributed by atoms with Crippen molar-refractivity contribution >= 4 is 0 Å². The van der Waals surface area contributed by atoms with Gasteiger partial charge in [-0.25, -0.2) is 0 Å². The second kappa shape index (κ2) is 2.44. The molecule has 2 aliphatic heterocycles. The van der Waals surface area contributed by atoms with E-state index < -0.39 is 6.10 Å². The van der Waals surface area contributed by atoms with Crippen LogP contribution in [0.2, 0.25) is 0 Å². The van der Waals surface area contributed by atoms with Crippen molar-refractivity contribution in [1.82, 2.24) is 0 Å². The zero-order valence-electron chi connectivity index (χ0n) is 6.75. The van der Waals surface area contributed by atoms with Gasteiger partial charge in [-0.05, 0) is 19.8 Å². The predicted octanol–water partition coefficient (Wildman–Crippen LogP) is 0.315. The third-order valence-electron chi connectivity index (χ3n) is 2.65. The lowest BCUT2D eigenvalue weighted by atomic mass is 9.90. The highest BCUT2D eigenvalue weighted by molar-refractivity contribution is 4.97. The normalized spacial score (nSPS) is 50.7. The van der Waals surface area contributed by atoms with Crippen LogP contribution in [-0.4, -0.2) is 36.1 Å². The van der Waals surface area contributed by atoms with E-state index >= 15 is 0 Å². The highest BCUT2D eigenvalue weighted by Crippen LogP contribution is 2.35. The van der Waals surface area contributed by atoms with Gasteiger partial charge < -0.3 is 14.6 Å². The Kier molecular flexibility index (Phi) is 1.67. The number of aliphatic hydroxyl groups excluding tert-OH is 1. The highest BCUT2D eigenvalue weighted by Gasteiger charge is 2.48. The van der Waals surface area contributed by atoms with E-state index in [-0.39, 0.29) is 11.7 Å². The Bertz CT molecular complexity index is 155. The molecule has 0 spiro atoms. The second-order valence-corrected chi connectivity index (χ2v) is 3.59. The van der Waals surface area contributed by atoms with Crippen molar-refractivity contribution in [1.29, 1.82) is 0 Å². The first-order valence-electron chi connectivity index (χ1n) is 4.16. The van der Waals surface area contributed by atoms with Gasteiger partial charge in [-0.2, -0.15) is 0 Å². The second-order valence-electron chi connectivity index (χ2n) is 3.59. The van der Waals surface area contributed by atoms with Gasteiger partial charge in [0.25, 0.3) is 0 Å². The summed E-state index contributed by atoms with van der Waals surface area (Å²) in [7, 11) is 0. The molecule has 3 atom stereocenters. The Morgan fingerprint density at radius 3 is 3.09 bits per heavy atom. The Balaban J connectivity index is 2.14. The van der Waals surface area contributed by atoms with Gasteiger partial charge in [-0.1, -0.05) is 0 Å². The molecule has 0 amide bonds. The average Bonchev–Trinajstić information content (AvgIpc) is 2.29. The standard InChI is InChI=1S/C8H14O3/c1-8-3-2-4-10-7(8)6(9)5-11-8/h6-7,9H,2-5H2,1H3/t6-,7-,8-/m1/s1. The third-order valence-corrected chi connectivity index (χ3v) is 2.65. The van der Waals surface area contributed by atoms with Crippen LogP contribution in [0.3, 0.4) is 0 Å². The fourth-order valence-corrected chi connectivity index (χ4v) is 1.99. The topological polar surface area (TPSA) is 38.7 Å². The van der Waals surface area contributed by atoms with Gasteiger partial charge in [0.2, 0.25) is 0 Å². The molecule has 0 bridgehead atoms. The van der Waals surface area contributed by atoms with Crippen molar-refractivity contribution in [3.63, 3.8) is 0 Å². The van der Waals surface area contributed by atoms with E-state index in [0.29, 0.717) is 6.61 Å². The van der Waals surface area contributed by atoms with Gasteiger partial charge in [-0.15, -0.1) is 0 Å². The number of ether oxygens (including phenoxy) is 2. The Hall–Kier alpha value is -0.120. The molecule has 0 unspecified atom stereocenters. The van der Waals surface area contributed by atoms with E-state index in [1.54, 1.807) is 0 Å². The first-order valence-corrected chi connectivity index (χ1v) is 4.16. The molecule has 11 heavy (non-hydrogen) atoms. The molecule has 64 valence electrons. The zero-order valence-corrected chi connectivity index (χ0v) is 6.75. The fraction of sp³-hybridized carbons (Fsp3) is 1.00. The van der Waals surface area contributed by atoms with Crippen molar-refractivity contribution in [3.05, 3.63) is 0 Å². The fourth-order valence-electron chi connectivity index (χ4n) is 1.99. The maximum absolute atomic E-state index is 9.44. The minimum absolute atomic E-state index is 0.0868. The molecule has 0 aromatic heterocycles. The molecule has 2 saturated heterocycles. The summed E-state index contributed by atoms with van der Waals surface area (Å²) in [6.45, 7) is 3.22. The Morgan fingerprint density at radius 2 is 2.36 bits per heavy atom. The average molecular weight is 158 g/mol. The SMILES string of the molecule is C[C@@]12CCCO[C@@H]1[C@H](O)CO2. The van der Waals surface area contributed by atoms with Crippen molar-refractivity contribution in [2.75, 3.05) is 13.2 Å². The maximum Gasteiger partial charge on any atom is 0.114 e. The van der Waals surface area contributed by atoms with E-state index in [1.807, 2.05) is 6.92 Å². The maximum atomic E-state index is 9.44. The van der Waals surface area contributed by atoms with Gasteiger partial charge in [0, 0.05) is 6.61 Å². The Labute approximate surface area is 66.3 Å². The minimum atomic E-state index is -0.416. The van der Waals surface area contributed by atoms with Gasteiger partial charge in [0.05, 0.1) is 12.2 Å². The van der Waals surface area contributed by atoms with Crippen LogP contribution in [-0.2, 0) is 9.47 Å². The molecule has 3 nitrogen and oxygen atoms in total. The zero-order chi connectivity index (χ0) is 7.90. The van der Waals surface area contributed by atoms with Gasteiger partial charge in [0.1, 0.15) is 12.2 Å². The monoisotopic (exact) mass is 158 g/mol. The lowest BCUT2D eigenvalue weighted by molar-refractivity contribution is -0.123. The van der Waals surface area contributed by atoms with Crippen LogP contribution in [0.15, 0.2) is 0 Å². The van der Waals surface area contributed by atoms with Gasteiger partial charge >= 0.3 is 0 Å². The minimum Gasteiger partial charge on any atom is -0.388 e. The number of hydrogen-bond donors (Lipinski definition) is 1. The number of fused-ring (bicyclic) bond motifs is 1. The molecule has 0 saturated carbocycles. The molecule has 3 heteroatoms. The molecule has 2 fully saturated rings. The van der Waals surface area contributed by atoms with Crippen molar-refractivity contribution in [3.8, 4) is 0 Å². The Morgan fingerprint density at radius 1 is 1.55 bits per heavy atom. The molecule has 0 aliphatic carbocycles. The van der Waals surface area contributed by atoms with E-state index in [9.17, 15) is 5.11 Å². The van der Waals surface area contributed by atoms with E-state index in [1.165, 1.54) is 0 Å². The van der Waals surface area contributed by atoms with Crippen LogP contribution in [0.5, 0.6) is 0 Å². The highest BCUT2D eigenvalue weighted by atomic mass is 16.6. The lowest BCUT2D eigenvalue weighted by Gasteiger charge is -2.35. The molecular formula is C8H14O3. The molecule has 1 N–H and O–H groups in total. The summed E-state index contributed by atoms with van der Waals surface area (Å²) in [5.41, 5.74) is -0.211. The molecule has 2 rings (SSSR count). The molecule has 0 aromatic carbocycles. The summed E-state index contributed by atoms with van der Waals surface area (Å²) in [5.74, 6) is 0. The first-order chi connectivity index (χ1) is 5.22. The quantitative estimate of drug-likeness (QED) is 0.551. The molecular weight excluding hydrogens is 144 g/mol. The molecule has 0 radical (unpaired) electrons. The van der Waals surface area contributed by atoms with Crippen LogP contribution in [0, 0.1) is 0 Å². The predicted molar refractivity (Wildman–Crippen MR) is 39.3 cm³/mol. The number of hydrogen-bond acceptors (Lipinski definition) is 3. The summed E-state index contributed by atoms with van der Waals surface area (Å²) in [6, 6.07) is 0. The summed E-state index contributed by atoms with van der Waals surface area (Å²) in [5, 5.41) is 9.44. The molecule has 2 heterocycles. The molecule has 0 aromatic rings. The van der Waals surface area contributed by atoms with E-state index in [4.69, 9.17) is 9.47 Å². The number of rotatable bonds is 0. The van der Waals surface area contributed by atoms with E-state index in [0.717, 1.165) is 19.4 Å². The van der Waals surface area contributed by atoms with Crippen LogP contribution in [0.1, 0.15) is 19.8 Å². The largest absolute Gasteiger partial charge is 0.388 e. The van der Waals surface area contributed by atoms with Crippen LogP contribution < -0.4 is 0 Å². The summed E-state index contributed by atoms with van der Waals surface area (Å²) in [4.78, 5) is 0. The number of aliphatic hydroxyl groups is 1. The van der Waals surface area contributed by atoms with Crippen LogP contribution in [0.4, 0.5) is 0 Å². The summed E-state index contributed by atoms with van der Waals surface area (Å²) in [6.07, 6.45) is 1.55. The van der Waals surface area contributed by atoms with Crippen molar-refractivity contribution < 1.29 is 14.6 Å². The van der Waals surface area contributed by atoms with Gasteiger partial charge in [-0.3, -0.25) is 0 Å². The summed E-state index contributed by atoms with van der Waals surface area (Å²) < 4.78 is 10.9. The van der Waals surface area contributed by atoms with Crippen molar-refractivity contribution in [2.24, 2.45) is 0 Å². The first kappa shape index (κ1) is 7.53. The summed E-state index contributed by atoms with van der Waals surface area (Å²) >= 11 is 0. The third kappa shape index (κ3) is 1.08. The molecule has 2 aliphatic rings. The lowest BCUT2D eigenvalue weighted by Crippen LogP contribution is -2.45. The van der Waals surface area contributed by atoms with Crippen LogP contribution >= 0.6 is 0 Å².